The van der Waals surface area contributed by atoms with Crippen LogP contribution in [0.5, 0.6) is 0 Å². The fourth-order valence-electron chi connectivity index (χ4n) is 3.74. The first-order chi connectivity index (χ1) is 12.9. The maximum Gasteiger partial charge on any atom is 0.292 e. The van der Waals surface area contributed by atoms with Crippen LogP contribution in [0, 0.1) is 5.82 Å². The minimum absolute atomic E-state index is 0.0263. The van der Waals surface area contributed by atoms with Crippen molar-refractivity contribution in [1.29, 1.82) is 0 Å². The largest absolute Gasteiger partial charge is 0.350 e. The number of hydrogen-bond donors (Lipinski definition) is 1. The highest BCUT2D eigenvalue weighted by Gasteiger charge is 2.46. The summed E-state index contributed by atoms with van der Waals surface area (Å²) in [6, 6.07) is -0.328. The quantitative estimate of drug-likeness (QED) is 0.463. The van der Waals surface area contributed by atoms with Gasteiger partial charge in [-0.1, -0.05) is 37.2 Å². The van der Waals surface area contributed by atoms with E-state index in [-0.39, 0.29) is 16.9 Å². The van der Waals surface area contributed by atoms with Crippen molar-refractivity contribution in [2.45, 2.75) is 49.9 Å². The van der Waals surface area contributed by atoms with Gasteiger partial charge in [0.15, 0.2) is 16.1 Å². The third-order valence-corrected chi connectivity index (χ3v) is 6.06. The number of alkyl halides is 2. The van der Waals surface area contributed by atoms with Crippen LogP contribution in [0.3, 0.4) is 0 Å². The van der Waals surface area contributed by atoms with Crippen LogP contribution < -0.4 is 10.2 Å². The molecule has 1 N–H and O–H groups in total. The van der Waals surface area contributed by atoms with Crippen LogP contribution in [0.2, 0.25) is 5.15 Å². The zero-order valence-electron chi connectivity index (χ0n) is 14.9. The Morgan fingerprint density at radius 1 is 1.30 bits per heavy atom. The maximum atomic E-state index is 15.1. The van der Waals surface area contributed by atoms with Crippen LogP contribution in [0.15, 0.2) is 5.16 Å². The van der Waals surface area contributed by atoms with Crippen molar-refractivity contribution in [3.63, 3.8) is 0 Å². The van der Waals surface area contributed by atoms with Crippen LogP contribution in [0.1, 0.15) is 32.4 Å². The van der Waals surface area contributed by atoms with E-state index in [0.717, 1.165) is 6.42 Å². The summed E-state index contributed by atoms with van der Waals surface area (Å²) in [6.45, 7) is 4.88. The molecular weight excluding hydrogens is 399 g/mol. The predicted molar refractivity (Wildman–Crippen MR) is 100 cm³/mol. The van der Waals surface area contributed by atoms with Crippen LogP contribution in [-0.2, 0) is 5.92 Å². The lowest BCUT2D eigenvalue weighted by molar-refractivity contribution is -0.0231. The molecular formula is C17H19ClF3N5S. The van der Waals surface area contributed by atoms with E-state index in [4.69, 9.17) is 11.6 Å². The first-order valence-corrected chi connectivity index (χ1v) is 10.3. The molecule has 5 nitrogen and oxygen atoms in total. The van der Waals surface area contributed by atoms with Crippen LogP contribution in [0.25, 0.3) is 10.9 Å². The molecule has 146 valence electrons. The summed E-state index contributed by atoms with van der Waals surface area (Å²) in [7, 11) is 0. The number of hydrogen-bond acceptors (Lipinski definition) is 6. The van der Waals surface area contributed by atoms with E-state index in [1.807, 2.05) is 18.7 Å². The van der Waals surface area contributed by atoms with E-state index in [1.54, 1.807) is 0 Å². The fourth-order valence-corrected chi connectivity index (χ4v) is 4.48. The van der Waals surface area contributed by atoms with Crippen molar-refractivity contribution in [2.24, 2.45) is 0 Å². The number of fused-ring (bicyclic) bond motifs is 2. The molecule has 2 aromatic rings. The van der Waals surface area contributed by atoms with E-state index in [9.17, 15) is 4.39 Å². The lowest BCUT2D eigenvalue weighted by atomic mass is 10.0. The molecule has 1 saturated heterocycles. The van der Waals surface area contributed by atoms with Gasteiger partial charge in [-0.3, -0.25) is 0 Å². The van der Waals surface area contributed by atoms with Gasteiger partial charge < -0.3 is 10.2 Å². The molecule has 2 aliphatic rings. The summed E-state index contributed by atoms with van der Waals surface area (Å²) in [5.74, 6) is -3.13. The van der Waals surface area contributed by atoms with Crippen LogP contribution >= 0.6 is 23.4 Å². The number of piperazine rings is 1. The summed E-state index contributed by atoms with van der Waals surface area (Å²) in [4.78, 5) is 14.3. The first kappa shape index (κ1) is 19.0. The average molecular weight is 418 g/mol. The first-order valence-electron chi connectivity index (χ1n) is 8.93. The van der Waals surface area contributed by atoms with Gasteiger partial charge in [0.05, 0.1) is 5.39 Å². The number of nitrogens with zero attached hydrogens (tertiary/aromatic N) is 4. The molecule has 2 aromatic heterocycles. The topological polar surface area (TPSA) is 53.9 Å². The Hall–Kier alpha value is -1.32. The van der Waals surface area contributed by atoms with Gasteiger partial charge >= 0.3 is 0 Å². The van der Waals surface area contributed by atoms with Crippen molar-refractivity contribution in [3.8, 4) is 0 Å². The zero-order chi connectivity index (χ0) is 19.3. The molecule has 4 rings (SSSR count). The van der Waals surface area contributed by atoms with E-state index in [2.05, 4.69) is 20.3 Å². The van der Waals surface area contributed by atoms with Crippen molar-refractivity contribution >= 4 is 40.1 Å². The number of thioether (sulfide) groups is 1. The Kier molecular flexibility index (Phi) is 4.88. The molecule has 27 heavy (non-hydrogen) atoms. The highest BCUT2D eigenvalue weighted by Crippen LogP contribution is 2.46. The standard InChI is InChI=1S/C17H19ClF3N5S/c1-3-8-7-26-9(6-22-8)5-17(20,21)13-10-12(11(19)14(18)24-13)23-16(27-4-2)25-15(10)26/h8-9,22H,3-7H2,1-2H3/t8-,9-/m1/s1. The Labute approximate surface area is 164 Å². The van der Waals surface area contributed by atoms with Gasteiger partial charge in [-0.2, -0.15) is 8.78 Å². The second kappa shape index (κ2) is 6.93. The van der Waals surface area contributed by atoms with Gasteiger partial charge in [0.1, 0.15) is 17.0 Å². The monoisotopic (exact) mass is 417 g/mol. The lowest BCUT2D eigenvalue weighted by Crippen LogP contribution is -2.57. The number of rotatable bonds is 3. The Balaban J connectivity index is 2.03. The Morgan fingerprint density at radius 3 is 2.78 bits per heavy atom. The van der Waals surface area contributed by atoms with Crippen LogP contribution in [-0.4, -0.2) is 45.9 Å². The third kappa shape index (κ3) is 3.13. The molecule has 0 spiro atoms. The normalized spacial score (nSPS) is 24.0. The summed E-state index contributed by atoms with van der Waals surface area (Å²) < 4.78 is 44.9. The van der Waals surface area contributed by atoms with Gasteiger partial charge in [0.25, 0.3) is 5.92 Å². The van der Waals surface area contributed by atoms with Gasteiger partial charge in [-0.25, -0.2) is 19.3 Å². The molecule has 0 radical (unpaired) electrons. The molecule has 0 amide bonds. The summed E-state index contributed by atoms with van der Waals surface area (Å²) in [5, 5.41) is 3.05. The van der Waals surface area contributed by atoms with Gasteiger partial charge in [0, 0.05) is 31.6 Å². The third-order valence-electron chi connectivity index (χ3n) is 5.08. The molecule has 0 unspecified atom stereocenters. The summed E-state index contributed by atoms with van der Waals surface area (Å²) in [5.41, 5.74) is -0.716. The molecule has 4 heterocycles. The van der Waals surface area contributed by atoms with Crippen LogP contribution in [0.4, 0.5) is 19.0 Å². The highest BCUT2D eigenvalue weighted by atomic mass is 35.5. The highest BCUT2D eigenvalue weighted by molar-refractivity contribution is 7.99. The molecule has 0 saturated carbocycles. The summed E-state index contributed by atoms with van der Waals surface area (Å²) >= 11 is 7.18. The number of anilines is 1. The molecule has 0 bridgehead atoms. The van der Waals surface area contributed by atoms with Crippen molar-refractivity contribution in [2.75, 3.05) is 23.7 Å². The van der Waals surface area contributed by atoms with Crippen molar-refractivity contribution < 1.29 is 13.2 Å². The number of pyridine rings is 1. The Morgan fingerprint density at radius 2 is 2.07 bits per heavy atom. The van der Waals surface area contributed by atoms with Gasteiger partial charge in [-0.15, -0.1) is 0 Å². The minimum Gasteiger partial charge on any atom is -0.350 e. The molecule has 2 atom stereocenters. The zero-order valence-corrected chi connectivity index (χ0v) is 16.5. The minimum atomic E-state index is -3.26. The van der Waals surface area contributed by atoms with E-state index >= 15 is 8.78 Å². The molecule has 0 aromatic carbocycles. The average Bonchev–Trinajstić information content (AvgIpc) is 2.72. The number of nitrogens with one attached hydrogen (secondary N) is 1. The second-order valence-electron chi connectivity index (χ2n) is 6.78. The SMILES string of the molecule is CCSc1nc2c3c(nc(Cl)c(F)c3n1)C(F)(F)C[C@@H]1CN[C@H](CC)CN21. The molecule has 2 aliphatic heterocycles. The van der Waals surface area contributed by atoms with Crippen molar-refractivity contribution in [1.82, 2.24) is 20.3 Å². The smallest absolute Gasteiger partial charge is 0.292 e. The Bertz CT molecular complexity index is 897. The number of halogens is 4. The van der Waals surface area contributed by atoms with Gasteiger partial charge in [-0.05, 0) is 12.2 Å². The predicted octanol–water partition coefficient (Wildman–Crippen LogP) is 3.98. The molecule has 10 heteroatoms. The summed E-state index contributed by atoms with van der Waals surface area (Å²) in [6.07, 6.45) is 0.414. The second-order valence-corrected chi connectivity index (χ2v) is 8.37. The fraction of sp³-hybridized carbons (Fsp3) is 0.588. The van der Waals surface area contributed by atoms with Crippen molar-refractivity contribution in [3.05, 3.63) is 16.7 Å². The number of aromatic nitrogens is 3. The molecule has 1 fully saturated rings. The van der Waals surface area contributed by atoms with E-state index < -0.39 is 35.0 Å². The van der Waals surface area contributed by atoms with E-state index in [1.165, 1.54) is 11.8 Å². The lowest BCUT2D eigenvalue weighted by Gasteiger charge is -2.40. The van der Waals surface area contributed by atoms with Gasteiger partial charge in [0.2, 0.25) is 0 Å². The maximum absolute atomic E-state index is 15.1. The molecule has 0 aliphatic carbocycles. The van der Waals surface area contributed by atoms with E-state index in [0.29, 0.717) is 29.8 Å².